The first-order chi connectivity index (χ1) is 6.22. The second-order valence-electron chi connectivity index (χ2n) is 3.79. The third-order valence-electron chi connectivity index (χ3n) is 2.81. The highest BCUT2D eigenvalue weighted by Gasteiger charge is 2.39. The van der Waals surface area contributed by atoms with E-state index >= 15 is 0 Å². The molecule has 3 unspecified atom stereocenters. The fourth-order valence-corrected chi connectivity index (χ4v) is 3.49. The van der Waals surface area contributed by atoms with Gasteiger partial charge in [-0.05, 0) is 53.4 Å². The van der Waals surface area contributed by atoms with E-state index in [0.29, 0.717) is 6.04 Å². The van der Waals surface area contributed by atoms with Gasteiger partial charge < -0.3 is 5.32 Å². The molecule has 1 aliphatic carbocycles. The summed E-state index contributed by atoms with van der Waals surface area (Å²) in [5, 5.41) is 3.41. The zero-order valence-electron chi connectivity index (χ0n) is 7.88. The number of rotatable bonds is 3. The average molecular weight is 260 g/mol. The lowest BCUT2D eigenvalue weighted by molar-refractivity contribution is 0.512. The normalized spacial score (nSPS) is 28.8. The van der Waals surface area contributed by atoms with Crippen LogP contribution in [-0.2, 0) is 0 Å². The summed E-state index contributed by atoms with van der Waals surface area (Å²) in [5.74, 6) is 1.76. The van der Waals surface area contributed by atoms with Gasteiger partial charge in [-0.25, -0.2) is 0 Å². The van der Waals surface area contributed by atoms with Gasteiger partial charge in [0, 0.05) is 10.9 Å². The highest BCUT2D eigenvalue weighted by molar-refractivity contribution is 9.11. The van der Waals surface area contributed by atoms with Crippen LogP contribution in [0.5, 0.6) is 0 Å². The number of hydrogen-bond donors (Lipinski definition) is 1. The smallest absolute Gasteiger partial charge is 0.0701 e. The molecule has 3 heteroatoms. The Labute approximate surface area is 91.7 Å². The van der Waals surface area contributed by atoms with Crippen LogP contribution >= 0.6 is 27.3 Å². The molecule has 0 spiro atoms. The van der Waals surface area contributed by atoms with Crippen molar-refractivity contribution in [3.8, 4) is 0 Å². The Morgan fingerprint density at radius 1 is 1.62 bits per heavy atom. The Morgan fingerprint density at radius 3 is 2.69 bits per heavy atom. The summed E-state index contributed by atoms with van der Waals surface area (Å²) >= 11 is 5.35. The lowest BCUT2D eigenvalue weighted by Gasteiger charge is -2.13. The highest BCUT2D eigenvalue weighted by atomic mass is 79.9. The Kier molecular flexibility index (Phi) is 2.77. The van der Waals surface area contributed by atoms with Crippen LogP contribution in [0.2, 0.25) is 0 Å². The van der Waals surface area contributed by atoms with Crippen LogP contribution in [0.3, 0.4) is 0 Å². The summed E-state index contributed by atoms with van der Waals surface area (Å²) in [6, 6.07) is 4.93. The molecule has 0 aliphatic heterocycles. The van der Waals surface area contributed by atoms with Gasteiger partial charge in [-0.2, -0.15) is 0 Å². The van der Waals surface area contributed by atoms with Crippen LogP contribution in [0, 0.1) is 11.8 Å². The van der Waals surface area contributed by atoms with E-state index < -0.39 is 0 Å². The fraction of sp³-hybridized carbons (Fsp3) is 0.600. The molecule has 1 N–H and O–H groups in total. The summed E-state index contributed by atoms with van der Waals surface area (Å²) in [5.41, 5.74) is 0. The summed E-state index contributed by atoms with van der Waals surface area (Å²) in [6.07, 6.45) is 1.38. The highest BCUT2D eigenvalue weighted by Crippen LogP contribution is 2.48. The van der Waals surface area contributed by atoms with E-state index in [0.717, 1.165) is 11.8 Å². The van der Waals surface area contributed by atoms with Crippen molar-refractivity contribution in [2.75, 3.05) is 7.05 Å². The van der Waals surface area contributed by atoms with Gasteiger partial charge in [0.2, 0.25) is 0 Å². The molecule has 72 valence electrons. The third-order valence-corrected chi connectivity index (χ3v) is 4.52. The molecule has 3 atom stereocenters. The number of nitrogens with one attached hydrogen (secondary N) is 1. The molecule has 1 fully saturated rings. The van der Waals surface area contributed by atoms with Crippen molar-refractivity contribution in [1.29, 1.82) is 0 Å². The van der Waals surface area contributed by atoms with E-state index in [2.05, 4.69) is 47.4 Å². The summed E-state index contributed by atoms with van der Waals surface area (Å²) in [6.45, 7) is 2.33. The van der Waals surface area contributed by atoms with Crippen molar-refractivity contribution in [2.24, 2.45) is 11.8 Å². The molecule has 13 heavy (non-hydrogen) atoms. The molecule has 0 amide bonds. The molecule has 1 heterocycles. The number of halogens is 1. The minimum Gasteiger partial charge on any atom is -0.312 e. The largest absolute Gasteiger partial charge is 0.312 e. The molecule has 0 aromatic carbocycles. The number of thiophene rings is 1. The lowest BCUT2D eigenvalue weighted by Crippen LogP contribution is -2.17. The van der Waals surface area contributed by atoms with E-state index in [4.69, 9.17) is 0 Å². The van der Waals surface area contributed by atoms with Gasteiger partial charge in [-0.1, -0.05) is 6.92 Å². The van der Waals surface area contributed by atoms with Crippen molar-refractivity contribution < 1.29 is 0 Å². The van der Waals surface area contributed by atoms with Crippen molar-refractivity contribution >= 4 is 27.3 Å². The molecule has 1 aliphatic rings. The van der Waals surface area contributed by atoms with Gasteiger partial charge in [-0.15, -0.1) is 11.3 Å². The molecule has 2 rings (SSSR count). The van der Waals surface area contributed by atoms with Crippen LogP contribution in [0.4, 0.5) is 0 Å². The van der Waals surface area contributed by atoms with Gasteiger partial charge in [0.05, 0.1) is 3.79 Å². The van der Waals surface area contributed by atoms with Crippen molar-refractivity contribution in [1.82, 2.24) is 5.32 Å². The number of hydrogen-bond acceptors (Lipinski definition) is 2. The van der Waals surface area contributed by atoms with Gasteiger partial charge in [0.25, 0.3) is 0 Å². The second kappa shape index (κ2) is 3.71. The third kappa shape index (κ3) is 1.97. The van der Waals surface area contributed by atoms with Crippen LogP contribution < -0.4 is 5.32 Å². The lowest BCUT2D eigenvalue weighted by atomic mass is 10.1. The van der Waals surface area contributed by atoms with E-state index in [1.165, 1.54) is 15.1 Å². The SMILES string of the molecule is CNC(c1ccc(Br)s1)C1CC1C. The monoisotopic (exact) mass is 259 g/mol. The van der Waals surface area contributed by atoms with E-state index in [9.17, 15) is 0 Å². The molecule has 0 bridgehead atoms. The zero-order chi connectivity index (χ0) is 9.42. The summed E-state index contributed by atoms with van der Waals surface area (Å²) in [7, 11) is 2.06. The van der Waals surface area contributed by atoms with Crippen LogP contribution in [-0.4, -0.2) is 7.05 Å². The van der Waals surface area contributed by atoms with Crippen molar-refractivity contribution in [3.63, 3.8) is 0 Å². The van der Waals surface area contributed by atoms with Crippen molar-refractivity contribution in [3.05, 3.63) is 20.8 Å². The van der Waals surface area contributed by atoms with Crippen molar-refractivity contribution in [2.45, 2.75) is 19.4 Å². The van der Waals surface area contributed by atoms with E-state index in [1.807, 2.05) is 11.3 Å². The van der Waals surface area contributed by atoms with E-state index in [1.54, 1.807) is 0 Å². The standard InChI is InChI=1S/C10H14BrNS/c1-6-5-7(6)10(12-2)8-3-4-9(11)13-8/h3-4,6-7,10,12H,5H2,1-2H3. The van der Waals surface area contributed by atoms with Crippen LogP contribution in [0.15, 0.2) is 15.9 Å². The maximum atomic E-state index is 3.51. The summed E-state index contributed by atoms with van der Waals surface area (Å²) in [4.78, 5) is 1.46. The minimum atomic E-state index is 0.575. The van der Waals surface area contributed by atoms with Gasteiger partial charge >= 0.3 is 0 Å². The predicted molar refractivity (Wildman–Crippen MR) is 61.1 cm³/mol. The molecule has 0 saturated heterocycles. The maximum Gasteiger partial charge on any atom is 0.0701 e. The molecular weight excluding hydrogens is 246 g/mol. The Hall–Kier alpha value is 0.140. The Balaban J connectivity index is 2.13. The van der Waals surface area contributed by atoms with Gasteiger partial charge in [0.1, 0.15) is 0 Å². The molecule has 1 aromatic heterocycles. The van der Waals surface area contributed by atoms with Gasteiger partial charge in [-0.3, -0.25) is 0 Å². The second-order valence-corrected chi connectivity index (χ2v) is 6.28. The minimum absolute atomic E-state index is 0.575. The molecule has 1 nitrogen and oxygen atoms in total. The Morgan fingerprint density at radius 2 is 2.31 bits per heavy atom. The summed E-state index contributed by atoms with van der Waals surface area (Å²) < 4.78 is 1.23. The first kappa shape index (κ1) is 9.69. The first-order valence-electron chi connectivity index (χ1n) is 4.65. The van der Waals surface area contributed by atoms with Crippen LogP contribution in [0.1, 0.15) is 24.3 Å². The molecule has 0 radical (unpaired) electrons. The van der Waals surface area contributed by atoms with Gasteiger partial charge in [0.15, 0.2) is 0 Å². The first-order valence-corrected chi connectivity index (χ1v) is 6.26. The maximum absolute atomic E-state index is 3.51. The molecule has 1 aromatic rings. The molecular formula is C10H14BrNS. The quantitative estimate of drug-likeness (QED) is 0.878. The topological polar surface area (TPSA) is 12.0 Å². The Bertz CT molecular complexity index is 297. The predicted octanol–water partition coefficient (Wildman–Crippen LogP) is 3.43. The average Bonchev–Trinajstić information content (AvgIpc) is 2.62. The zero-order valence-corrected chi connectivity index (χ0v) is 10.3. The van der Waals surface area contributed by atoms with Crippen LogP contribution in [0.25, 0.3) is 0 Å². The van der Waals surface area contributed by atoms with E-state index in [-0.39, 0.29) is 0 Å². The molecule has 1 saturated carbocycles. The fourth-order valence-electron chi connectivity index (χ4n) is 1.88.